The summed E-state index contributed by atoms with van der Waals surface area (Å²) in [5.41, 5.74) is 0. The molecule has 0 bridgehead atoms. The zero-order valence-corrected chi connectivity index (χ0v) is 8.97. The van der Waals surface area contributed by atoms with Gasteiger partial charge in [-0.05, 0) is 30.6 Å². The van der Waals surface area contributed by atoms with E-state index < -0.39 is 0 Å². The molecule has 2 atom stereocenters. The Hall–Kier alpha value is 0. The molecule has 1 fully saturated rings. The van der Waals surface area contributed by atoms with Crippen molar-refractivity contribution in [1.29, 1.82) is 0 Å². The van der Waals surface area contributed by atoms with E-state index in [9.17, 15) is 0 Å². The zero-order valence-electron chi connectivity index (χ0n) is 8.97. The van der Waals surface area contributed by atoms with Gasteiger partial charge in [-0.1, -0.05) is 46.5 Å². The minimum Gasteiger partial charge on any atom is -0.0651 e. The zero-order chi connectivity index (χ0) is 8.97. The van der Waals surface area contributed by atoms with Crippen LogP contribution < -0.4 is 0 Å². The SMILES string of the molecule is CCC1CCCC(CC(C)C)C1. The lowest BCUT2D eigenvalue weighted by atomic mass is 9.77. The average molecular weight is 168 g/mol. The maximum atomic E-state index is 2.36. The van der Waals surface area contributed by atoms with Crippen molar-refractivity contribution in [2.45, 2.75) is 59.3 Å². The summed E-state index contributed by atoms with van der Waals surface area (Å²) in [4.78, 5) is 0. The molecule has 2 unspecified atom stereocenters. The second-order valence-electron chi connectivity index (χ2n) is 4.94. The highest BCUT2D eigenvalue weighted by Gasteiger charge is 2.20. The van der Waals surface area contributed by atoms with Crippen LogP contribution in [0.3, 0.4) is 0 Å². The van der Waals surface area contributed by atoms with Gasteiger partial charge in [0.05, 0.1) is 0 Å². The van der Waals surface area contributed by atoms with Gasteiger partial charge >= 0.3 is 0 Å². The van der Waals surface area contributed by atoms with Crippen LogP contribution >= 0.6 is 0 Å². The van der Waals surface area contributed by atoms with Gasteiger partial charge in [-0.15, -0.1) is 0 Å². The first-order valence-corrected chi connectivity index (χ1v) is 5.72. The fourth-order valence-corrected chi connectivity index (χ4v) is 2.65. The van der Waals surface area contributed by atoms with Crippen LogP contribution in [0.1, 0.15) is 59.3 Å². The molecule has 0 aliphatic heterocycles. The highest BCUT2D eigenvalue weighted by molar-refractivity contribution is 4.73. The van der Waals surface area contributed by atoms with Gasteiger partial charge in [-0.2, -0.15) is 0 Å². The van der Waals surface area contributed by atoms with Gasteiger partial charge in [0.1, 0.15) is 0 Å². The number of hydrogen-bond acceptors (Lipinski definition) is 0. The van der Waals surface area contributed by atoms with E-state index in [1.165, 1.54) is 38.5 Å². The maximum Gasteiger partial charge on any atom is -0.0409 e. The van der Waals surface area contributed by atoms with Crippen LogP contribution in [0, 0.1) is 17.8 Å². The van der Waals surface area contributed by atoms with E-state index in [1.54, 1.807) is 0 Å². The topological polar surface area (TPSA) is 0 Å². The Morgan fingerprint density at radius 1 is 1.17 bits per heavy atom. The van der Waals surface area contributed by atoms with Crippen molar-refractivity contribution in [3.63, 3.8) is 0 Å². The predicted octanol–water partition coefficient (Wildman–Crippen LogP) is 4.25. The Kier molecular flexibility index (Phi) is 4.11. The second-order valence-corrected chi connectivity index (χ2v) is 4.94. The first-order chi connectivity index (χ1) is 5.72. The Bertz CT molecular complexity index is 115. The van der Waals surface area contributed by atoms with Crippen LogP contribution in [0.4, 0.5) is 0 Å². The number of rotatable bonds is 3. The molecule has 0 radical (unpaired) electrons. The molecule has 0 saturated heterocycles. The third-order valence-electron chi connectivity index (χ3n) is 3.27. The first kappa shape index (κ1) is 10.1. The van der Waals surface area contributed by atoms with Crippen molar-refractivity contribution < 1.29 is 0 Å². The molecular weight excluding hydrogens is 144 g/mol. The minimum absolute atomic E-state index is 0.908. The smallest absolute Gasteiger partial charge is 0.0409 e. The van der Waals surface area contributed by atoms with Crippen LogP contribution in [0.2, 0.25) is 0 Å². The highest BCUT2D eigenvalue weighted by Crippen LogP contribution is 2.34. The van der Waals surface area contributed by atoms with E-state index in [0.717, 1.165) is 17.8 Å². The predicted molar refractivity (Wildman–Crippen MR) is 55.2 cm³/mol. The fraction of sp³-hybridized carbons (Fsp3) is 1.00. The summed E-state index contributed by atoms with van der Waals surface area (Å²) in [7, 11) is 0. The molecule has 0 aromatic heterocycles. The van der Waals surface area contributed by atoms with E-state index in [2.05, 4.69) is 20.8 Å². The summed E-state index contributed by atoms with van der Waals surface area (Å²) < 4.78 is 0. The Labute approximate surface area is 77.7 Å². The summed E-state index contributed by atoms with van der Waals surface area (Å²) in [5.74, 6) is 3.02. The molecule has 1 saturated carbocycles. The van der Waals surface area contributed by atoms with Gasteiger partial charge < -0.3 is 0 Å². The van der Waals surface area contributed by atoms with Gasteiger partial charge in [0.2, 0.25) is 0 Å². The van der Waals surface area contributed by atoms with Crippen LogP contribution in [-0.2, 0) is 0 Å². The van der Waals surface area contributed by atoms with Crippen molar-refractivity contribution in [1.82, 2.24) is 0 Å². The van der Waals surface area contributed by atoms with Crippen molar-refractivity contribution >= 4 is 0 Å². The van der Waals surface area contributed by atoms with Gasteiger partial charge in [0.25, 0.3) is 0 Å². The molecule has 0 aromatic carbocycles. The lowest BCUT2D eigenvalue weighted by Gasteiger charge is -2.29. The highest BCUT2D eigenvalue weighted by atomic mass is 14.3. The Balaban J connectivity index is 2.25. The van der Waals surface area contributed by atoms with E-state index in [4.69, 9.17) is 0 Å². The van der Waals surface area contributed by atoms with Gasteiger partial charge in [0.15, 0.2) is 0 Å². The van der Waals surface area contributed by atoms with Crippen molar-refractivity contribution in [3.05, 3.63) is 0 Å². The van der Waals surface area contributed by atoms with Gasteiger partial charge in [0, 0.05) is 0 Å². The van der Waals surface area contributed by atoms with Crippen molar-refractivity contribution in [2.24, 2.45) is 17.8 Å². The van der Waals surface area contributed by atoms with Crippen molar-refractivity contribution in [3.8, 4) is 0 Å². The summed E-state index contributed by atoms with van der Waals surface area (Å²) in [6.45, 7) is 7.06. The van der Waals surface area contributed by atoms with Crippen LogP contribution in [0.5, 0.6) is 0 Å². The molecule has 0 spiro atoms. The lowest BCUT2D eigenvalue weighted by Crippen LogP contribution is -2.16. The Morgan fingerprint density at radius 3 is 2.42 bits per heavy atom. The molecule has 0 N–H and O–H groups in total. The monoisotopic (exact) mass is 168 g/mol. The lowest BCUT2D eigenvalue weighted by molar-refractivity contribution is 0.231. The molecule has 0 amide bonds. The summed E-state index contributed by atoms with van der Waals surface area (Å²) >= 11 is 0. The molecule has 1 rings (SSSR count). The second kappa shape index (κ2) is 4.89. The molecule has 0 aromatic rings. The largest absolute Gasteiger partial charge is 0.0651 e. The first-order valence-electron chi connectivity index (χ1n) is 5.72. The van der Waals surface area contributed by atoms with Gasteiger partial charge in [-0.25, -0.2) is 0 Å². The maximum absolute atomic E-state index is 2.36. The fourth-order valence-electron chi connectivity index (χ4n) is 2.65. The standard InChI is InChI=1S/C12H24/c1-4-11-6-5-7-12(9-11)8-10(2)3/h10-12H,4-9H2,1-3H3. The van der Waals surface area contributed by atoms with Crippen LogP contribution in [0.15, 0.2) is 0 Å². The van der Waals surface area contributed by atoms with E-state index in [0.29, 0.717) is 0 Å². The van der Waals surface area contributed by atoms with Gasteiger partial charge in [-0.3, -0.25) is 0 Å². The summed E-state index contributed by atoms with van der Waals surface area (Å²) in [6.07, 6.45) is 8.91. The molecule has 0 heteroatoms. The molecular formula is C12H24. The molecule has 0 nitrogen and oxygen atoms in total. The molecule has 0 heterocycles. The summed E-state index contributed by atoms with van der Waals surface area (Å²) in [6, 6.07) is 0. The average Bonchev–Trinajstić information content (AvgIpc) is 2.03. The molecule has 1 aliphatic carbocycles. The quantitative estimate of drug-likeness (QED) is 0.591. The third kappa shape index (κ3) is 3.16. The van der Waals surface area contributed by atoms with Crippen molar-refractivity contribution in [2.75, 3.05) is 0 Å². The van der Waals surface area contributed by atoms with E-state index in [-0.39, 0.29) is 0 Å². The molecule has 72 valence electrons. The van der Waals surface area contributed by atoms with Crippen LogP contribution in [-0.4, -0.2) is 0 Å². The number of hydrogen-bond donors (Lipinski definition) is 0. The van der Waals surface area contributed by atoms with Crippen LogP contribution in [0.25, 0.3) is 0 Å². The van der Waals surface area contributed by atoms with E-state index in [1.807, 2.05) is 0 Å². The van der Waals surface area contributed by atoms with E-state index >= 15 is 0 Å². The molecule has 1 aliphatic rings. The Morgan fingerprint density at radius 2 is 1.83 bits per heavy atom. The summed E-state index contributed by atoms with van der Waals surface area (Å²) in [5, 5.41) is 0. The molecule has 12 heavy (non-hydrogen) atoms. The normalized spacial score (nSPS) is 31.0. The third-order valence-corrected chi connectivity index (χ3v) is 3.27. The minimum atomic E-state index is 0.908.